The summed E-state index contributed by atoms with van der Waals surface area (Å²) >= 11 is 0. The van der Waals surface area contributed by atoms with Crippen molar-refractivity contribution < 1.29 is 4.39 Å². The van der Waals surface area contributed by atoms with E-state index in [1.165, 1.54) is 12.0 Å². The van der Waals surface area contributed by atoms with Crippen LogP contribution in [-0.2, 0) is 0 Å². The SMILES string of the molecule is CNC[C@@H]1C[C@H]1c1ccc(F)cc1. The molecule has 0 amide bonds. The average molecular weight is 179 g/mol. The molecule has 1 aromatic carbocycles. The molecule has 0 aromatic heterocycles. The second kappa shape index (κ2) is 3.46. The molecule has 2 atom stereocenters. The van der Waals surface area contributed by atoms with Crippen molar-refractivity contribution >= 4 is 0 Å². The Morgan fingerprint density at radius 3 is 2.69 bits per heavy atom. The van der Waals surface area contributed by atoms with Gasteiger partial charge in [-0.05, 0) is 49.5 Å². The van der Waals surface area contributed by atoms with Crippen LogP contribution < -0.4 is 5.32 Å². The molecule has 0 saturated heterocycles. The van der Waals surface area contributed by atoms with Crippen LogP contribution >= 0.6 is 0 Å². The second-order valence-electron chi connectivity index (χ2n) is 3.71. The van der Waals surface area contributed by atoms with Gasteiger partial charge in [-0.1, -0.05) is 12.1 Å². The van der Waals surface area contributed by atoms with Gasteiger partial charge in [0.15, 0.2) is 0 Å². The van der Waals surface area contributed by atoms with Gasteiger partial charge in [0, 0.05) is 0 Å². The first-order valence-corrected chi connectivity index (χ1v) is 4.71. The third kappa shape index (κ3) is 1.89. The van der Waals surface area contributed by atoms with E-state index >= 15 is 0 Å². The number of nitrogens with one attached hydrogen (secondary N) is 1. The van der Waals surface area contributed by atoms with Crippen LogP contribution in [0, 0.1) is 11.7 Å². The lowest BCUT2D eigenvalue weighted by atomic mass is 10.1. The maximum Gasteiger partial charge on any atom is 0.123 e. The summed E-state index contributed by atoms with van der Waals surface area (Å²) in [6.45, 7) is 1.07. The summed E-state index contributed by atoms with van der Waals surface area (Å²) in [5, 5.41) is 3.17. The van der Waals surface area contributed by atoms with Gasteiger partial charge in [0.05, 0.1) is 0 Å². The Balaban J connectivity index is 2.00. The first-order valence-electron chi connectivity index (χ1n) is 4.71. The molecular formula is C11H14FN. The van der Waals surface area contributed by atoms with Crippen LogP contribution in [0.4, 0.5) is 4.39 Å². The van der Waals surface area contributed by atoms with Gasteiger partial charge in [-0.15, -0.1) is 0 Å². The molecule has 0 bridgehead atoms. The Morgan fingerprint density at radius 2 is 2.08 bits per heavy atom. The van der Waals surface area contributed by atoms with Crippen molar-refractivity contribution in [3.05, 3.63) is 35.6 Å². The topological polar surface area (TPSA) is 12.0 Å². The molecule has 1 aliphatic rings. The van der Waals surface area contributed by atoms with Gasteiger partial charge in [-0.2, -0.15) is 0 Å². The normalized spacial score (nSPS) is 26.0. The van der Waals surface area contributed by atoms with Gasteiger partial charge in [0.25, 0.3) is 0 Å². The summed E-state index contributed by atoms with van der Waals surface area (Å²) in [6.07, 6.45) is 1.24. The Hall–Kier alpha value is -0.890. The lowest BCUT2D eigenvalue weighted by Gasteiger charge is -1.99. The van der Waals surface area contributed by atoms with E-state index in [0.717, 1.165) is 12.5 Å². The molecule has 0 unspecified atom stereocenters. The fourth-order valence-electron chi connectivity index (χ4n) is 1.85. The Labute approximate surface area is 78.0 Å². The highest BCUT2D eigenvalue weighted by atomic mass is 19.1. The van der Waals surface area contributed by atoms with Crippen molar-refractivity contribution in [2.45, 2.75) is 12.3 Å². The van der Waals surface area contributed by atoms with Crippen molar-refractivity contribution in [3.63, 3.8) is 0 Å². The molecular weight excluding hydrogens is 165 g/mol. The molecule has 70 valence electrons. The maximum absolute atomic E-state index is 12.6. The zero-order valence-electron chi connectivity index (χ0n) is 7.76. The van der Waals surface area contributed by atoms with Gasteiger partial charge in [-0.25, -0.2) is 4.39 Å². The van der Waals surface area contributed by atoms with Crippen molar-refractivity contribution in [3.8, 4) is 0 Å². The minimum absolute atomic E-state index is 0.144. The fraction of sp³-hybridized carbons (Fsp3) is 0.455. The molecule has 1 fully saturated rings. The zero-order valence-corrected chi connectivity index (χ0v) is 7.76. The number of benzene rings is 1. The van der Waals surface area contributed by atoms with E-state index in [1.54, 1.807) is 12.1 Å². The summed E-state index contributed by atoms with van der Waals surface area (Å²) < 4.78 is 12.6. The highest BCUT2D eigenvalue weighted by Gasteiger charge is 2.37. The van der Waals surface area contributed by atoms with Gasteiger partial charge in [-0.3, -0.25) is 0 Å². The van der Waals surface area contributed by atoms with Crippen LogP contribution in [0.15, 0.2) is 24.3 Å². The minimum atomic E-state index is -0.144. The summed E-state index contributed by atoms with van der Waals surface area (Å²) in [4.78, 5) is 0. The minimum Gasteiger partial charge on any atom is -0.319 e. The molecule has 0 spiro atoms. The molecule has 1 aliphatic carbocycles. The Kier molecular flexibility index (Phi) is 2.32. The standard InChI is InChI=1S/C11H14FN/c1-13-7-9-6-11(9)8-2-4-10(12)5-3-8/h2-5,9,11,13H,6-7H2,1H3/t9-,11-/m0/s1. The van der Waals surface area contributed by atoms with Crippen molar-refractivity contribution in [1.82, 2.24) is 5.32 Å². The summed E-state index contributed by atoms with van der Waals surface area (Å²) in [7, 11) is 1.97. The summed E-state index contributed by atoms with van der Waals surface area (Å²) in [6, 6.07) is 6.89. The van der Waals surface area contributed by atoms with E-state index in [2.05, 4.69) is 5.32 Å². The van der Waals surface area contributed by atoms with Gasteiger partial charge in [0.1, 0.15) is 5.82 Å². The average Bonchev–Trinajstić information content (AvgIpc) is 2.86. The Morgan fingerprint density at radius 1 is 1.38 bits per heavy atom. The quantitative estimate of drug-likeness (QED) is 0.749. The first-order chi connectivity index (χ1) is 6.31. The molecule has 1 saturated carbocycles. The molecule has 0 heterocycles. The second-order valence-corrected chi connectivity index (χ2v) is 3.71. The molecule has 1 nitrogen and oxygen atoms in total. The van der Waals surface area contributed by atoms with Crippen molar-refractivity contribution in [2.75, 3.05) is 13.6 Å². The third-order valence-corrected chi connectivity index (χ3v) is 2.69. The zero-order chi connectivity index (χ0) is 9.26. The third-order valence-electron chi connectivity index (χ3n) is 2.69. The number of halogens is 1. The van der Waals surface area contributed by atoms with E-state index in [9.17, 15) is 4.39 Å². The van der Waals surface area contributed by atoms with Gasteiger partial charge < -0.3 is 5.32 Å². The lowest BCUT2D eigenvalue weighted by Crippen LogP contribution is -2.10. The number of rotatable bonds is 3. The molecule has 1 aromatic rings. The van der Waals surface area contributed by atoms with Crippen molar-refractivity contribution in [1.29, 1.82) is 0 Å². The predicted molar refractivity (Wildman–Crippen MR) is 51.2 cm³/mol. The maximum atomic E-state index is 12.6. The van der Waals surface area contributed by atoms with E-state index in [4.69, 9.17) is 0 Å². The van der Waals surface area contributed by atoms with Crippen LogP contribution in [0.2, 0.25) is 0 Å². The smallest absolute Gasteiger partial charge is 0.123 e. The summed E-state index contributed by atoms with van der Waals surface area (Å²) in [5.74, 6) is 1.28. The van der Waals surface area contributed by atoms with Gasteiger partial charge >= 0.3 is 0 Å². The first kappa shape index (κ1) is 8.70. The largest absolute Gasteiger partial charge is 0.319 e. The van der Waals surface area contributed by atoms with Crippen LogP contribution in [0.25, 0.3) is 0 Å². The highest BCUT2D eigenvalue weighted by molar-refractivity contribution is 5.26. The number of hydrogen-bond donors (Lipinski definition) is 1. The molecule has 0 radical (unpaired) electrons. The molecule has 1 N–H and O–H groups in total. The molecule has 13 heavy (non-hydrogen) atoms. The Bertz CT molecular complexity index is 281. The fourth-order valence-corrected chi connectivity index (χ4v) is 1.85. The van der Waals surface area contributed by atoms with Crippen LogP contribution in [0.3, 0.4) is 0 Å². The van der Waals surface area contributed by atoms with E-state index in [-0.39, 0.29) is 5.82 Å². The lowest BCUT2D eigenvalue weighted by molar-refractivity contribution is 0.626. The van der Waals surface area contributed by atoms with Crippen LogP contribution in [0.5, 0.6) is 0 Å². The van der Waals surface area contributed by atoms with Crippen LogP contribution in [0.1, 0.15) is 17.9 Å². The van der Waals surface area contributed by atoms with E-state index in [1.807, 2.05) is 19.2 Å². The molecule has 0 aliphatic heterocycles. The number of hydrogen-bond acceptors (Lipinski definition) is 1. The molecule has 2 rings (SSSR count). The van der Waals surface area contributed by atoms with E-state index in [0.29, 0.717) is 5.92 Å². The molecule has 2 heteroatoms. The predicted octanol–water partition coefficient (Wildman–Crippen LogP) is 2.15. The highest BCUT2D eigenvalue weighted by Crippen LogP contribution is 2.46. The monoisotopic (exact) mass is 179 g/mol. The van der Waals surface area contributed by atoms with Crippen LogP contribution in [-0.4, -0.2) is 13.6 Å². The van der Waals surface area contributed by atoms with Gasteiger partial charge in [0.2, 0.25) is 0 Å². The van der Waals surface area contributed by atoms with E-state index < -0.39 is 0 Å². The summed E-state index contributed by atoms with van der Waals surface area (Å²) in [5.41, 5.74) is 1.28. The van der Waals surface area contributed by atoms with Crippen molar-refractivity contribution in [2.24, 2.45) is 5.92 Å².